The molecule has 2 rings (SSSR count). The van der Waals surface area contributed by atoms with Gasteiger partial charge in [0.25, 0.3) is 5.91 Å². The van der Waals surface area contributed by atoms with Crippen molar-refractivity contribution >= 4 is 17.6 Å². The molecule has 2 unspecified atom stereocenters. The lowest BCUT2D eigenvalue weighted by Gasteiger charge is -2.39. The van der Waals surface area contributed by atoms with Crippen molar-refractivity contribution < 1.29 is 14.7 Å². The average molecular weight is 277 g/mol. The molecule has 1 aromatic heterocycles. The first kappa shape index (κ1) is 14.3. The predicted molar refractivity (Wildman–Crippen MR) is 74.8 cm³/mol. The number of carbonyl (C=O) groups is 2. The molecule has 1 fully saturated rings. The first-order valence-corrected chi connectivity index (χ1v) is 6.72. The minimum absolute atomic E-state index is 0.0814. The number of carboxylic acids is 1. The molecule has 1 amide bonds. The molecule has 0 aliphatic carbocycles. The summed E-state index contributed by atoms with van der Waals surface area (Å²) in [5.74, 6) is -1.02. The quantitative estimate of drug-likeness (QED) is 0.865. The number of hydrogen-bond donors (Lipinski definition) is 2. The van der Waals surface area contributed by atoms with Gasteiger partial charge < -0.3 is 15.3 Å². The van der Waals surface area contributed by atoms with E-state index < -0.39 is 12.0 Å². The molecule has 1 saturated heterocycles. The normalized spacial score (nSPS) is 22.4. The Hall–Kier alpha value is -2.11. The molecule has 2 heterocycles. The summed E-state index contributed by atoms with van der Waals surface area (Å²) in [4.78, 5) is 29.0. The molecule has 0 bridgehead atoms. The fourth-order valence-corrected chi connectivity index (χ4v) is 2.70. The maximum absolute atomic E-state index is 11.6. The highest BCUT2D eigenvalue weighted by molar-refractivity contribution is 5.93. The van der Waals surface area contributed by atoms with Crippen molar-refractivity contribution in [3.63, 3.8) is 0 Å². The van der Waals surface area contributed by atoms with Crippen molar-refractivity contribution in [2.24, 2.45) is 5.92 Å². The van der Waals surface area contributed by atoms with Gasteiger partial charge in [-0.05, 0) is 30.9 Å². The molecule has 0 spiro atoms. The molecule has 2 atom stereocenters. The van der Waals surface area contributed by atoms with Crippen molar-refractivity contribution in [3.8, 4) is 0 Å². The lowest BCUT2D eigenvalue weighted by Crippen LogP contribution is -2.49. The van der Waals surface area contributed by atoms with E-state index >= 15 is 0 Å². The maximum atomic E-state index is 11.6. The van der Waals surface area contributed by atoms with Gasteiger partial charge in [-0.25, -0.2) is 4.79 Å². The number of rotatable bonds is 3. The fraction of sp³-hybridized carbons (Fsp3) is 0.500. The van der Waals surface area contributed by atoms with Crippen LogP contribution in [0, 0.1) is 5.92 Å². The van der Waals surface area contributed by atoms with E-state index in [9.17, 15) is 14.7 Å². The molecule has 1 aromatic rings. The van der Waals surface area contributed by atoms with E-state index in [1.54, 1.807) is 19.2 Å². The Kier molecular flexibility index (Phi) is 4.22. The third-order valence-electron chi connectivity index (χ3n) is 3.72. The smallest absolute Gasteiger partial charge is 0.326 e. The van der Waals surface area contributed by atoms with Gasteiger partial charge in [-0.1, -0.05) is 6.92 Å². The van der Waals surface area contributed by atoms with E-state index in [1.807, 2.05) is 11.8 Å². The Balaban J connectivity index is 2.33. The number of aromatic nitrogens is 1. The lowest BCUT2D eigenvalue weighted by atomic mass is 9.90. The SMILES string of the molecule is CNC(=O)c1cc(N2CCCC(C)C2C(=O)O)ccn1. The van der Waals surface area contributed by atoms with Gasteiger partial charge in [-0.2, -0.15) is 0 Å². The molecule has 108 valence electrons. The van der Waals surface area contributed by atoms with E-state index in [1.165, 1.54) is 6.20 Å². The van der Waals surface area contributed by atoms with Gasteiger partial charge in [0.05, 0.1) is 0 Å². The van der Waals surface area contributed by atoms with E-state index in [-0.39, 0.29) is 11.8 Å². The number of carboxylic acid groups (broad SMARTS) is 1. The van der Waals surface area contributed by atoms with Crippen LogP contribution in [0.4, 0.5) is 5.69 Å². The number of pyridine rings is 1. The standard InChI is InChI=1S/C14H19N3O3/c1-9-4-3-7-17(12(9)14(19)20)10-5-6-16-11(8-10)13(18)15-2/h5-6,8-9,12H,3-4,7H2,1-2H3,(H,15,18)(H,19,20). The summed E-state index contributed by atoms with van der Waals surface area (Å²) in [5, 5.41) is 11.9. The summed E-state index contributed by atoms with van der Waals surface area (Å²) in [6.45, 7) is 2.63. The van der Waals surface area contributed by atoms with Crippen LogP contribution in [0.2, 0.25) is 0 Å². The summed E-state index contributed by atoms with van der Waals surface area (Å²) >= 11 is 0. The average Bonchev–Trinajstić information content (AvgIpc) is 2.45. The van der Waals surface area contributed by atoms with Crippen molar-refractivity contribution in [1.29, 1.82) is 0 Å². The molecule has 0 aromatic carbocycles. The van der Waals surface area contributed by atoms with Crippen LogP contribution in [-0.2, 0) is 4.79 Å². The van der Waals surface area contributed by atoms with Crippen LogP contribution in [0.5, 0.6) is 0 Å². The second-order valence-electron chi connectivity index (χ2n) is 5.07. The molecule has 0 saturated carbocycles. The predicted octanol–water partition coefficient (Wildman–Crippen LogP) is 1.13. The van der Waals surface area contributed by atoms with E-state index in [0.717, 1.165) is 18.5 Å². The zero-order valence-electron chi connectivity index (χ0n) is 11.7. The van der Waals surface area contributed by atoms with Gasteiger partial charge in [0, 0.05) is 25.5 Å². The Morgan fingerprint density at radius 2 is 2.25 bits per heavy atom. The summed E-state index contributed by atoms with van der Waals surface area (Å²) in [6.07, 6.45) is 3.39. The Morgan fingerprint density at radius 3 is 2.90 bits per heavy atom. The molecule has 20 heavy (non-hydrogen) atoms. The molecular formula is C14H19N3O3. The van der Waals surface area contributed by atoms with E-state index in [4.69, 9.17) is 0 Å². The molecule has 1 aliphatic rings. The molecule has 1 aliphatic heterocycles. The number of nitrogens with zero attached hydrogens (tertiary/aromatic N) is 2. The zero-order chi connectivity index (χ0) is 14.7. The monoisotopic (exact) mass is 277 g/mol. The summed E-state index contributed by atoms with van der Waals surface area (Å²) in [6, 6.07) is 2.84. The van der Waals surface area contributed by atoms with E-state index in [2.05, 4.69) is 10.3 Å². The van der Waals surface area contributed by atoms with Crippen LogP contribution in [0.3, 0.4) is 0 Å². The number of aliphatic carboxylic acids is 1. The first-order chi connectivity index (χ1) is 9.54. The summed E-state index contributed by atoms with van der Waals surface area (Å²) in [7, 11) is 1.54. The van der Waals surface area contributed by atoms with Gasteiger partial charge in [0.1, 0.15) is 11.7 Å². The van der Waals surface area contributed by atoms with Crippen LogP contribution in [0.25, 0.3) is 0 Å². The van der Waals surface area contributed by atoms with Crippen LogP contribution in [0.15, 0.2) is 18.3 Å². The second-order valence-corrected chi connectivity index (χ2v) is 5.07. The van der Waals surface area contributed by atoms with Crippen molar-refractivity contribution in [2.75, 3.05) is 18.5 Å². The number of amides is 1. The number of hydrogen-bond acceptors (Lipinski definition) is 4. The lowest BCUT2D eigenvalue weighted by molar-refractivity contribution is -0.140. The highest BCUT2D eigenvalue weighted by atomic mass is 16.4. The van der Waals surface area contributed by atoms with Gasteiger partial charge in [-0.3, -0.25) is 9.78 Å². The van der Waals surface area contributed by atoms with Gasteiger partial charge in [-0.15, -0.1) is 0 Å². The molecule has 6 nitrogen and oxygen atoms in total. The molecular weight excluding hydrogens is 258 g/mol. The number of anilines is 1. The molecule has 6 heteroatoms. The minimum Gasteiger partial charge on any atom is -0.480 e. The Labute approximate surface area is 117 Å². The summed E-state index contributed by atoms with van der Waals surface area (Å²) in [5.41, 5.74) is 1.03. The molecule has 0 radical (unpaired) electrons. The molecule has 2 N–H and O–H groups in total. The largest absolute Gasteiger partial charge is 0.480 e. The maximum Gasteiger partial charge on any atom is 0.326 e. The van der Waals surface area contributed by atoms with Crippen molar-refractivity contribution in [1.82, 2.24) is 10.3 Å². The first-order valence-electron chi connectivity index (χ1n) is 6.72. The highest BCUT2D eigenvalue weighted by Crippen LogP contribution is 2.29. The third kappa shape index (κ3) is 2.74. The van der Waals surface area contributed by atoms with Crippen molar-refractivity contribution in [3.05, 3.63) is 24.0 Å². The highest BCUT2D eigenvalue weighted by Gasteiger charge is 2.34. The minimum atomic E-state index is -0.824. The Bertz CT molecular complexity index is 518. The van der Waals surface area contributed by atoms with E-state index in [0.29, 0.717) is 12.2 Å². The van der Waals surface area contributed by atoms with Crippen LogP contribution in [-0.4, -0.2) is 41.6 Å². The van der Waals surface area contributed by atoms with Crippen LogP contribution >= 0.6 is 0 Å². The Morgan fingerprint density at radius 1 is 1.50 bits per heavy atom. The van der Waals surface area contributed by atoms with Gasteiger partial charge >= 0.3 is 5.97 Å². The topological polar surface area (TPSA) is 82.5 Å². The van der Waals surface area contributed by atoms with Crippen molar-refractivity contribution in [2.45, 2.75) is 25.8 Å². The van der Waals surface area contributed by atoms with Gasteiger partial charge in [0.2, 0.25) is 0 Å². The van der Waals surface area contributed by atoms with Gasteiger partial charge in [0.15, 0.2) is 0 Å². The third-order valence-corrected chi connectivity index (χ3v) is 3.72. The van der Waals surface area contributed by atoms with Crippen LogP contribution in [0.1, 0.15) is 30.3 Å². The number of piperidine rings is 1. The number of carbonyl (C=O) groups excluding carboxylic acids is 1. The zero-order valence-corrected chi connectivity index (χ0v) is 11.7. The second kappa shape index (κ2) is 5.90. The van der Waals surface area contributed by atoms with Crippen LogP contribution < -0.4 is 10.2 Å². The number of nitrogens with one attached hydrogen (secondary N) is 1. The fourth-order valence-electron chi connectivity index (χ4n) is 2.70. The summed E-state index contributed by atoms with van der Waals surface area (Å²) < 4.78 is 0.